The van der Waals surface area contributed by atoms with Crippen molar-refractivity contribution in [3.05, 3.63) is 74.1 Å². The number of hydrogen-bond acceptors (Lipinski definition) is 5. The van der Waals surface area contributed by atoms with E-state index in [0.717, 1.165) is 16.7 Å². The van der Waals surface area contributed by atoms with E-state index >= 15 is 0 Å². The lowest BCUT2D eigenvalue weighted by Crippen LogP contribution is -2.27. The summed E-state index contributed by atoms with van der Waals surface area (Å²) in [5.74, 6) is -0.439. The Morgan fingerprint density at radius 1 is 1.04 bits per heavy atom. The van der Waals surface area contributed by atoms with Crippen molar-refractivity contribution >= 4 is 52.0 Å². The van der Waals surface area contributed by atoms with Crippen LogP contribution in [0.5, 0.6) is 0 Å². The van der Waals surface area contributed by atoms with E-state index < -0.39 is 16.1 Å². The second-order valence-electron chi connectivity index (χ2n) is 4.84. The fourth-order valence-electron chi connectivity index (χ4n) is 2.12. The number of hydrogen-bond donors (Lipinski definition) is 0. The predicted molar refractivity (Wildman–Crippen MR) is 93.0 cm³/mol. The zero-order chi connectivity index (χ0) is 17.3. The van der Waals surface area contributed by atoms with Gasteiger partial charge >= 0.3 is 0 Å². The van der Waals surface area contributed by atoms with Crippen molar-refractivity contribution in [3.8, 4) is 0 Å². The Kier molecular flexibility index (Phi) is 4.37. The van der Waals surface area contributed by atoms with Gasteiger partial charge in [-0.1, -0.05) is 11.6 Å². The minimum Gasteiger partial charge on any atom is -0.268 e. The van der Waals surface area contributed by atoms with Crippen molar-refractivity contribution in [1.82, 2.24) is 0 Å². The normalized spacial score (nSPS) is 16.0. The van der Waals surface area contributed by atoms with Crippen molar-refractivity contribution in [1.29, 1.82) is 0 Å². The van der Waals surface area contributed by atoms with Crippen molar-refractivity contribution in [2.45, 2.75) is 0 Å². The molecule has 1 heterocycles. The highest BCUT2D eigenvalue weighted by molar-refractivity contribution is 8.19. The topological polar surface area (TPSA) is 80.5 Å². The van der Waals surface area contributed by atoms with Gasteiger partial charge in [0.1, 0.15) is 0 Å². The molecule has 2 aromatic carbocycles. The summed E-state index contributed by atoms with van der Waals surface area (Å²) in [6.07, 6.45) is 1.53. The van der Waals surface area contributed by atoms with E-state index in [1.54, 1.807) is 24.3 Å². The van der Waals surface area contributed by atoms with Gasteiger partial charge in [-0.3, -0.25) is 19.7 Å². The summed E-state index contributed by atoms with van der Waals surface area (Å²) in [6.45, 7) is 0. The molecule has 0 spiro atoms. The first kappa shape index (κ1) is 16.2. The van der Waals surface area contributed by atoms with Crippen LogP contribution in [0.15, 0.2) is 53.4 Å². The van der Waals surface area contributed by atoms with Crippen LogP contribution >= 0.6 is 23.4 Å². The van der Waals surface area contributed by atoms with Crippen LogP contribution < -0.4 is 4.90 Å². The lowest BCUT2D eigenvalue weighted by atomic mass is 10.2. The molecule has 0 saturated carbocycles. The molecule has 1 fully saturated rings. The third-order valence-electron chi connectivity index (χ3n) is 3.28. The van der Waals surface area contributed by atoms with Gasteiger partial charge in [0, 0.05) is 17.2 Å². The van der Waals surface area contributed by atoms with Crippen molar-refractivity contribution < 1.29 is 14.5 Å². The minimum absolute atomic E-state index is 0.0404. The molecule has 8 heteroatoms. The Morgan fingerprint density at radius 2 is 1.67 bits per heavy atom. The zero-order valence-corrected chi connectivity index (χ0v) is 13.6. The monoisotopic (exact) mass is 360 g/mol. The van der Waals surface area contributed by atoms with E-state index in [1.165, 1.54) is 30.3 Å². The number of amides is 2. The molecule has 0 atom stereocenters. The molecule has 1 saturated heterocycles. The molecular formula is C16H9ClN2O4S. The van der Waals surface area contributed by atoms with Crippen LogP contribution in [0.2, 0.25) is 5.02 Å². The molecule has 1 aliphatic rings. The van der Waals surface area contributed by atoms with E-state index in [9.17, 15) is 19.7 Å². The van der Waals surface area contributed by atoms with Crippen molar-refractivity contribution in [2.24, 2.45) is 0 Å². The van der Waals surface area contributed by atoms with Crippen LogP contribution in [-0.2, 0) is 4.79 Å². The number of rotatable bonds is 3. The van der Waals surface area contributed by atoms with Gasteiger partial charge in [-0.2, -0.15) is 0 Å². The van der Waals surface area contributed by atoms with Crippen LogP contribution in [0, 0.1) is 10.1 Å². The van der Waals surface area contributed by atoms with E-state index in [0.29, 0.717) is 16.3 Å². The molecule has 0 radical (unpaired) electrons. The lowest BCUT2D eigenvalue weighted by molar-refractivity contribution is -0.384. The molecule has 0 unspecified atom stereocenters. The van der Waals surface area contributed by atoms with E-state index in [4.69, 9.17) is 11.6 Å². The quantitative estimate of drug-likeness (QED) is 0.457. The molecule has 0 aliphatic carbocycles. The number of nitro benzene ring substituents is 1. The third-order valence-corrected chi connectivity index (χ3v) is 4.40. The Morgan fingerprint density at radius 3 is 2.25 bits per heavy atom. The predicted octanol–water partition coefficient (Wildman–Crippen LogP) is 4.49. The van der Waals surface area contributed by atoms with Crippen LogP contribution in [0.4, 0.5) is 16.2 Å². The van der Waals surface area contributed by atoms with Gasteiger partial charge in [0.15, 0.2) is 0 Å². The van der Waals surface area contributed by atoms with Crippen molar-refractivity contribution in [3.63, 3.8) is 0 Å². The summed E-state index contributed by atoms with van der Waals surface area (Å²) in [7, 11) is 0. The van der Waals surface area contributed by atoms with Crippen LogP contribution in [0.25, 0.3) is 6.08 Å². The molecule has 6 nitrogen and oxygen atoms in total. The zero-order valence-electron chi connectivity index (χ0n) is 12.0. The molecule has 0 N–H and O–H groups in total. The molecule has 1 aliphatic heterocycles. The van der Waals surface area contributed by atoms with Crippen LogP contribution in [0.3, 0.4) is 0 Å². The number of non-ortho nitro benzene ring substituents is 1. The molecule has 2 amide bonds. The molecular weight excluding hydrogens is 352 g/mol. The molecule has 3 rings (SSSR count). The number of carbonyl (C=O) groups excluding carboxylic acids is 2. The number of thioether (sulfide) groups is 1. The summed E-state index contributed by atoms with van der Waals surface area (Å²) in [5, 5.41) is 10.7. The molecule has 24 heavy (non-hydrogen) atoms. The van der Waals surface area contributed by atoms with Gasteiger partial charge < -0.3 is 0 Å². The van der Waals surface area contributed by atoms with E-state index in [2.05, 4.69) is 0 Å². The summed E-state index contributed by atoms with van der Waals surface area (Å²) in [4.78, 5) is 36.0. The average Bonchev–Trinajstić information content (AvgIpc) is 2.83. The highest BCUT2D eigenvalue weighted by Crippen LogP contribution is 2.36. The number of imide groups is 1. The van der Waals surface area contributed by atoms with Gasteiger partial charge in [-0.05, 0) is 59.8 Å². The molecule has 0 bridgehead atoms. The van der Waals surface area contributed by atoms with Crippen LogP contribution in [-0.4, -0.2) is 16.1 Å². The fraction of sp³-hybridized carbons (Fsp3) is 0. The Labute approximate surface area is 145 Å². The van der Waals surface area contributed by atoms with E-state index in [-0.39, 0.29) is 10.6 Å². The van der Waals surface area contributed by atoms with Gasteiger partial charge in [-0.25, -0.2) is 4.90 Å². The van der Waals surface area contributed by atoms with Gasteiger partial charge in [0.05, 0.1) is 15.5 Å². The van der Waals surface area contributed by atoms with Gasteiger partial charge in [0.2, 0.25) is 0 Å². The second kappa shape index (κ2) is 6.46. The number of carbonyl (C=O) groups is 2. The number of halogens is 1. The first-order valence-corrected chi connectivity index (χ1v) is 7.93. The standard InChI is InChI=1S/C16H9ClN2O4S/c17-11-3-7-12(8-4-11)18-15(20)14(24-16(18)21)9-10-1-5-13(6-2-10)19(22)23/h1-9H/b14-9-. The first-order valence-electron chi connectivity index (χ1n) is 6.74. The number of anilines is 1. The van der Waals surface area contributed by atoms with Crippen molar-refractivity contribution in [2.75, 3.05) is 4.90 Å². The van der Waals surface area contributed by atoms with Gasteiger partial charge in [-0.15, -0.1) is 0 Å². The minimum atomic E-state index is -0.502. The lowest BCUT2D eigenvalue weighted by Gasteiger charge is -2.12. The van der Waals surface area contributed by atoms with E-state index in [1.807, 2.05) is 0 Å². The van der Waals surface area contributed by atoms with Crippen LogP contribution in [0.1, 0.15) is 5.56 Å². The summed E-state index contributed by atoms with van der Waals surface area (Å²) in [5.41, 5.74) is 0.998. The maximum absolute atomic E-state index is 12.5. The number of nitrogens with zero attached hydrogens (tertiary/aromatic N) is 2. The summed E-state index contributed by atoms with van der Waals surface area (Å²) in [6, 6.07) is 12.1. The number of nitro groups is 1. The maximum atomic E-state index is 12.5. The maximum Gasteiger partial charge on any atom is 0.298 e. The summed E-state index contributed by atoms with van der Waals surface area (Å²) >= 11 is 6.63. The SMILES string of the molecule is O=C1S/C(=C\c2ccc([N+](=O)[O-])cc2)C(=O)N1c1ccc(Cl)cc1. The largest absolute Gasteiger partial charge is 0.298 e. The highest BCUT2D eigenvalue weighted by atomic mass is 35.5. The Balaban J connectivity index is 1.87. The average molecular weight is 361 g/mol. The molecule has 0 aromatic heterocycles. The third kappa shape index (κ3) is 3.17. The smallest absolute Gasteiger partial charge is 0.268 e. The molecule has 2 aromatic rings. The second-order valence-corrected chi connectivity index (χ2v) is 6.27. The Hall–Kier alpha value is -2.64. The molecule has 120 valence electrons. The highest BCUT2D eigenvalue weighted by Gasteiger charge is 2.36. The first-order chi connectivity index (χ1) is 11.5. The fourth-order valence-corrected chi connectivity index (χ4v) is 3.09. The summed E-state index contributed by atoms with van der Waals surface area (Å²) < 4.78 is 0. The number of benzene rings is 2. The Bertz CT molecular complexity index is 863. The van der Waals surface area contributed by atoms with Gasteiger partial charge in [0.25, 0.3) is 16.8 Å².